The summed E-state index contributed by atoms with van der Waals surface area (Å²) in [5, 5.41) is 0. The van der Waals surface area contributed by atoms with Crippen molar-refractivity contribution in [2.45, 2.75) is 59.5 Å². The molecule has 1 aromatic carbocycles. The van der Waals surface area contributed by atoms with Crippen LogP contribution in [0.2, 0.25) is 0 Å². The Morgan fingerprint density at radius 2 is 1.85 bits per heavy atom. The molecule has 144 valence electrons. The molecule has 1 atom stereocenters. The molecule has 1 amide bonds. The molecule has 1 saturated heterocycles. The zero-order valence-electron chi connectivity index (χ0n) is 16.6. The third kappa shape index (κ3) is 5.48. The zero-order valence-corrected chi connectivity index (χ0v) is 16.6. The highest BCUT2D eigenvalue weighted by Crippen LogP contribution is 2.23. The molecule has 1 aromatic rings. The number of esters is 1. The summed E-state index contributed by atoms with van der Waals surface area (Å²) in [7, 11) is 0. The van der Waals surface area contributed by atoms with Crippen molar-refractivity contribution in [3.63, 3.8) is 0 Å². The van der Waals surface area contributed by atoms with Crippen molar-refractivity contribution in [2.24, 2.45) is 5.92 Å². The van der Waals surface area contributed by atoms with Crippen LogP contribution in [-0.2, 0) is 14.3 Å². The third-order valence-electron chi connectivity index (χ3n) is 4.97. The standard InChI is InChI=1S/C21H31NO4/c1-14(2)19-7-6-18(12-16(19)4)25-13-20(23)26-17(5)21(24)22-10-8-15(3)9-11-22/h6-7,12,14-15,17H,8-11,13H2,1-5H3. The number of hydrogen-bond donors (Lipinski definition) is 0. The second-order valence-corrected chi connectivity index (χ2v) is 7.60. The fourth-order valence-corrected chi connectivity index (χ4v) is 3.30. The molecule has 0 spiro atoms. The number of piperidine rings is 1. The summed E-state index contributed by atoms with van der Waals surface area (Å²) in [6, 6.07) is 5.80. The van der Waals surface area contributed by atoms with Crippen LogP contribution in [0, 0.1) is 12.8 Å². The lowest BCUT2D eigenvalue weighted by Gasteiger charge is -2.31. The lowest BCUT2D eigenvalue weighted by molar-refractivity contribution is -0.161. The van der Waals surface area contributed by atoms with E-state index in [0.717, 1.165) is 31.5 Å². The van der Waals surface area contributed by atoms with Crippen molar-refractivity contribution >= 4 is 11.9 Å². The number of carbonyl (C=O) groups is 2. The quantitative estimate of drug-likeness (QED) is 0.725. The van der Waals surface area contributed by atoms with Gasteiger partial charge in [-0.3, -0.25) is 4.79 Å². The average molecular weight is 361 g/mol. The maximum absolute atomic E-state index is 12.4. The summed E-state index contributed by atoms with van der Waals surface area (Å²) in [5.74, 6) is 1.08. The molecule has 0 bridgehead atoms. The maximum atomic E-state index is 12.4. The molecule has 1 aliphatic rings. The molecular formula is C21H31NO4. The lowest BCUT2D eigenvalue weighted by atomic mass is 9.98. The minimum absolute atomic E-state index is 0.123. The van der Waals surface area contributed by atoms with Crippen LogP contribution in [0.4, 0.5) is 0 Å². The number of carbonyl (C=O) groups excluding carboxylic acids is 2. The zero-order chi connectivity index (χ0) is 19.3. The van der Waals surface area contributed by atoms with Gasteiger partial charge in [-0.15, -0.1) is 0 Å². The van der Waals surface area contributed by atoms with E-state index in [9.17, 15) is 9.59 Å². The van der Waals surface area contributed by atoms with E-state index < -0.39 is 12.1 Å². The summed E-state index contributed by atoms with van der Waals surface area (Å²) in [6.45, 7) is 11.4. The van der Waals surface area contributed by atoms with Crippen molar-refractivity contribution in [1.82, 2.24) is 4.90 Å². The monoisotopic (exact) mass is 361 g/mol. The summed E-state index contributed by atoms with van der Waals surface area (Å²) < 4.78 is 10.8. The molecule has 0 radical (unpaired) electrons. The van der Waals surface area contributed by atoms with Gasteiger partial charge >= 0.3 is 5.97 Å². The van der Waals surface area contributed by atoms with Gasteiger partial charge in [-0.2, -0.15) is 0 Å². The van der Waals surface area contributed by atoms with E-state index >= 15 is 0 Å². The number of ether oxygens (including phenoxy) is 2. The molecular weight excluding hydrogens is 330 g/mol. The molecule has 5 heteroatoms. The predicted octanol–water partition coefficient (Wildman–Crippen LogP) is 3.69. The van der Waals surface area contributed by atoms with Crippen LogP contribution in [0.5, 0.6) is 5.75 Å². The number of hydrogen-bond acceptors (Lipinski definition) is 4. The van der Waals surface area contributed by atoms with E-state index in [1.807, 2.05) is 25.1 Å². The Bertz CT molecular complexity index is 633. The fourth-order valence-electron chi connectivity index (χ4n) is 3.30. The van der Waals surface area contributed by atoms with E-state index in [1.165, 1.54) is 5.56 Å². The normalized spacial score (nSPS) is 16.5. The molecule has 1 fully saturated rings. The van der Waals surface area contributed by atoms with Crippen LogP contribution in [-0.4, -0.2) is 42.6 Å². The molecule has 26 heavy (non-hydrogen) atoms. The van der Waals surface area contributed by atoms with Crippen molar-refractivity contribution in [1.29, 1.82) is 0 Å². The minimum atomic E-state index is -0.774. The van der Waals surface area contributed by atoms with E-state index in [0.29, 0.717) is 17.6 Å². The first-order valence-corrected chi connectivity index (χ1v) is 9.49. The Kier molecular flexibility index (Phi) is 7.06. The van der Waals surface area contributed by atoms with Crippen molar-refractivity contribution in [3.8, 4) is 5.75 Å². The van der Waals surface area contributed by atoms with E-state index in [1.54, 1.807) is 11.8 Å². The first-order valence-electron chi connectivity index (χ1n) is 9.49. The third-order valence-corrected chi connectivity index (χ3v) is 4.97. The molecule has 0 aliphatic carbocycles. The SMILES string of the molecule is Cc1cc(OCC(=O)OC(C)C(=O)N2CCC(C)CC2)ccc1C(C)C. The summed E-state index contributed by atoms with van der Waals surface area (Å²) in [5.41, 5.74) is 2.39. The van der Waals surface area contributed by atoms with Gasteiger partial charge in [-0.05, 0) is 61.8 Å². The van der Waals surface area contributed by atoms with Crippen LogP contribution in [0.1, 0.15) is 57.6 Å². The van der Waals surface area contributed by atoms with Gasteiger partial charge in [0.25, 0.3) is 5.91 Å². The fraction of sp³-hybridized carbons (Fsp3) is 0.619. The smallest absolute Gasteiger partial charge is 0.344 e. The molecule has 2 rings (SSSR count). The summed E-state index contributed by atoms with van der Waals surface area (Å²) >= 11 is 0. The maximum Gasteiger partial charge on any atom is 0.344 e. The number of amides is 1. The van der Waals surface area contributed by atoms with Crippen LogP contribution in [0.3, 0.4) is 0 Å². The van der Waals surface area contributed by atoms with Gasteiger partial charge in [-0.25, -0.2) is 4.79 Å². The summed E-state index contributed by atoms with van der Waals surface area (Å²) in [4.78, 5) is 26.2. The minimum Gasteiger partial charge on any atom is -0.482 e. The second-order valence-electron chi connectivity index (χ2n) is 7.60. The van der Waals surface area contributed by atoms with Gasteiger partial charge in [0.15, 0.2) is 12.7 Å². The van der Waals surface area contributed by atoms with Crippen molar-refractivity contribution < 1.29 is 19.1 Å². The second kappa shape index (κ2) is 9.06. The number of benzene rings is 1. The van der Waals surface area contributed by atoms with Gasteiger partial charge < -0.3 is 14.4 Å². The lowest BCUT2D eigenvalue weighted by Crippen LogP contribution is -2.44. The van der Waals surface area contributed by atoms with Gasteiger partial charge in [-0.1, -0.05) is 26.8 Å². The highest BCUT2D eigenvalue weighted by molar-refractivity contribution is 5.83. The first kappa shape index (κ1) is 20.3. The van der Waals surface area contributed by atoms with E-state index in [-0.39, 0.29) is 12.5 Å². The Balaban J connectivity index is 1.81. The number of nitrogens with zero attached hydrogens (tertiary/aromatic N) is 1. The van der Waals surface area contributed by atoms with Crippen LogP contribution in [0.25, 0.3) is 0 Å². The molecule has 5 nitrogen and oxygen atoms in total. The van der Waals surface area contributed by atoms with E-state index in [2.05, 4.69) is 20.8 Å². The van der Waals surface area contributed by atoms with Gasteiger partial charge in [0, 0.05) is 13.1 Å². The molecule has 0 aromatic heterocycles. The van der Waals surface area contributed by atoms with E-state index in [4.69, 9.17) is 9.47 Å². The Hall–Kier alpha value is -2.04. The van der Waals surface area contributed by atoms with Gasteiger partial charge in [0.2, 0.25) is 0 Å². The van der Waals surface area contributed by atoms with Crippen LogP contribution < -0.4 is 4.74 Å². The largest absolute Gasteiger partial charge is 0.482 e. The Labute approximate surface area is 156 Å². The van der Waals surface area contributed by atoms with Crippen molar-refractivity contribution in [2.75, 3.05) is 19.7 Å². The molecule has 1 heterocycles. The summed E-state index contributed by atoms with van der Waals surface area (Å²) in [6.07, 6.45) is 1.23. The average Bonchev–Trinajstić information content (AvgIpc) is 2.59. The highest BCUT2D eigenvalue weighted by atomic mass is 16.6. The number of rotatable bonds is 6. The molecule has 1 unspecified atom stereocenters. The Morgan fingerprint density at radius 1 is 1.19 bits per heavy atom. The van der Waals surface area contributed by atoms with Gasteiger partial charge in [0.1, 0.15) is 5.75 Å². The number of likely N-dealkylation sites (tertiary alicyclic amines) is 1. The van der Waals surface area contributed by atoms with Crippen LogP contribution in [0.15, 0.2) is 18.2 Å². The highest BCUT2D eigenvalue weighted by Gasteiger charge is 2.26. The topological polar surface area (TPSA) is 55.8 Å². The molecule has 1 aliphatic heterocycles. The predicted molar refractivity (Wildman–Crippen MR) is 101 cm³/mol. The van der Waals surface area contributed by atoms with Gasteiger partial charge in [0.05, 0.1) is 0 Å². The molecule has 0 saturated carbocycles. The Morgan fingerprint density at radius 3 is 2.42 bits per heavy atom. The number of aryl methyl sites for hydroxylation is 1. The van der Waals surface area contributed by atoms with Crippen molar-refractivity contribution in [3.05, 3.63) is 29.3 Å². The molecule has 0 N–H and O–H groups in total. The van der Waals surface area contributed by atoms with Crippen LogP contribution >= 0.6 is 0 Å². The first-order chi connectivity index (χ1) is 12.3.